The van der Waals surface area contributed by atoms with Crippen LogP contribution in [0.25, 0.3) is 0 Å². The maximum absolute atomic E-state index is 13.1. The van der Waals surface area contributed by atoms with E-state index in [0.717, 1.165) is 18.2 Å². The first kappa shape index (κ1) is 15.4. The summed E-state index contributed by atoms with van der Waals surface area (Å²) in [6, 6.07) is 8.11. The zero-order valence-corrected chi connectivity index (χ0v) is 12.0. The van der Waals surface area contributed by atoms with Gasteiger partial charge in [-0.1, -0.05) is 12.1 Å². The van der Waals surface area contributed by atoms with Gasteiger partial charge in [0.1, 0.15) is 11.6 Å². The van der Waals surface area contributed by atoms with Crippen molar-refractivity contribution in [3.8, 4) is 0 Å². The molecule has 2 aromatic rings. The van der Waals surface area contributed by atoms with E-state index in [1.165, 1.54) is 18.2 Å². The van der Waals surface area contributed by atoms with Crippen molar-refractivity contribution in [2.45, 2.75) is 17.9 Å². The Hall–Kier alpha value is -1.99. The summed E-state index contributed by atoms with van der Waals surface area (Å²) in [7, 11) is -3.88. The van der Waals surface area contributed by atoms with Gasteiger partial charge >= 0.3 is 0 Å². The van der Waals surface area contributed by atoms with Crippen molar-refractivity contribution in [2.24, 2.45) is 0 Å². The van der Waals surface area contributed by atoms with Crippen molar-refractivity contribution in [1.82, 2.24) is 4.72 Å². The molecule has 3 N–H and O–H groups in total. The summed E-state index contributed by atoms with van der Waals surface area (Å²) in [5.74, 6) is -1.14. The summed E-state index contributed by atoms with van der Waals surface area (Å²) in [6.45, 7) is 1.58. The Labute approximate surface area is 121 Å². The van der Waals surface area contributed by atoms with Crippen LogP contribution in [-0.2, 0) is 10.0 Å². The molecule has 112 valence electrons. The SMILES string of the molecule is CC(NS(=O)(=O)c1ccc(F)c(N)c1)c1cccc(F)c1. The van der Waals surface area contributed by atoms with Gasteiger partial charge in [-0.05, 0) is 42.8 Å². The number of rotatable bonds is 4. The molecule has 0 aromatic heterocycles. The molecule has 7 heteroatoms. The fourth-order valence-corrected chi connectivity index (χ4v) is 3.10. The average Bonchev–Trinajstić information content (AvgIpc) is 2.41. The number of halogens is 2. The number of nitrogens with two attached hydrogens (primary N) is 1. The molecule has 0 aliphatic rings. The second-order valence-electron chi connectivity index (χ2n) is 4.58. The molecule has 21 heavy (non-hydrogen) atoms. The highest BCUT2D eigenvalue weighted by Gasteiger charge is 2.19. The van der Waals surface area contributed by atoms with E-state index >= 15 is 0 Å². The Kier molecular flexibility index (Phi) is 4.24. The van der Waals surface area contributed by atoms with Gasteiger partial charge < -0.3 is 5.73 Å². The summed E-state index contributed by atoms with van der Waals surface area (Å²) in [4.78, 5) is -0.148. The van der Waals surface area contributed by atoms with E-state index in [-0.39, 0.29) is 10.6 Å². The molecule has 0 aliphatic carbocycles. The molecule has 2 rings (SSSR count). The fourth-order valence-electron chi connectivity index (χ4n) is 1.83. The first-order valence-electron chi connectivity index (χ1n) is 6.12. The lowest BCUT2D eigenvalue weighted by Gasteiger charge is -2.15. The number of hydrogen-bond donors (Lipinski definition) is 2. The lowest BCUT2D eigenvalue weighted by atomic mass is 10.1. The molecule has 0 radical (unpaired) electrons. The van der Waals surface area contributed by atoms with Crippen LogP contribution in [0.1, 0.15) is 18.5 Å². The predicted octanol–water partition coefficient (Wildman–Crippen LogP) is 2.59. The van der Waals surface area contributed by atoms with Gasteiger partial charge in [-0.15, -0.1) is 0 Å². The van der Waals surface area contributed by atoms with Crippen LogP contribution in [0.3, 0.4) is 0 Å². The van der Waals surface area contributed by atoms with Crippen LogP contribution in [0.5, 0.6) is 0 Å². The molecule has 0 saturated heterocycles. The van der Waals surface area contributed by atoms with Crippen LogP contribution < -0.4 is 10.5 Å². The number of benzene rings is 2. The maximum Gasteiger partial charge on any atom is 0.241 e. The smallest absolute Gasteiger partial charge is 0.241 e. The van der Waals surface area contributed by atoms with Crippen molar-refractivity contribution < 1.29 is 17.2 Å². The van der Waals surface area contributed by atoms with Crippen molar-refractivity contribution >= 4 is 15.7 Å². The van der Waals surface area contributed by atoms with Gasteiger partial charge in [0.2, 0.25) is 10.0 Å². The first-order valence-corrected chi connectivity index (χ1v) is 7.61. The number of nitrogens with one attached hydrogen (secondary N) is 1. The Balaban J connectivity index is 2.26. The minimum atomic E-state index is -3.88. The van der Waals surface area contributed by atoms with Gasteiger partial charge in [0.25, 0.3) is 0 Å². The van der Waals surface area contributed by atoms with Gasteiger partial charge in [0, 0.05) is 6.04 Å². The van der Waals surface area contributed by atoms with E-state index in [2.05, 4.69) is 4.72 Å². The highest BCUT2D eigenvalue weighted by molar-refractivity contribution is 7.89. The zero-order valence-electron chi connectivity index (χ0n) is 11.2. The molecule has 0 spiro atoms. The normalized spacial score (nSPS) is 13.1. The van der Waals surface area contributed by atoms with Gasteiger partial charge in [-0.2, -0.15) is 0 Å². The van der Waals surface area contributed by atoms with Crippen molar-refractivity contribution in [3.05, 3.63) is 59.7 Å². The molecule has 0 bridgehead atoms. The largest absolute Gasteiger partial charge is 0.396 e. The molecule has 1 unspecified atom stereocenters. The minimum absolute atomic E-state index is 0.148. The third kappa shape index (κ3) is 3.56. The topological polar surface area (TPSA) is 72.2 Å². The van der Waals surface area contributed by atoms with Crippen molar-refractivity contribution in [3.63, 3.8) is 0 Å². The van der Waals surface area contributed by atoms with Gasteiger partial charge in [0.15, 0.2) is 0 Å². The summed E-state index contributed by atoms with van der Waals surface area (Å²) in [6.07, 6.45) is 0. The van der Waals surface area contributed by atoms with Gasteiger partial charge in [0.05, 0.1) is 10.6 Å². The standard InChI is InChI=1S/C14H14F2N2O2S/c1-9(10-3-2-4-11(15)7-10)18-21(19,20)12-5-6-13(16)14(17)8-12/h2-9,18H,17H2,1H3. The molecule has 0 amide bonds. The Morgan fingerprint density at radius 1 is 1.14 bits per heavy atom. The van der Waals surface area contributed by atoms with Crippen LogP contribution in [0.15, 0.2) is 47.4 Å². The monoisotopic (exact) mass is 312 g/mol. The molecule has 0 saturated carbocycles. The molecule has 0 heterocycles. The lowest BCUT2D eigenvalue weighted by molar-refractivity contribution is 0.564. The Bertz CT molecular complexity index is 763. The predicted molar refractivity (Wildman–Crippen MR) is 75.9 cm³/mol. The van der Waals surface area contributed by atoms with Gasteiger partial charge in [-0.25, -0.2) is 21.9 Å². The number of hydrogen-bond acceptors (Lipinski definition) is 3. The first-order chi connectivity index (χ1) is 9.79. The fraction of sp³-hybridized carbons (Fsp3) is 0.143. The molecule has 2 aromatic carbocycles. The van der Waals surface area contributed by atoms with Crippen LogP contribution in [0, 0.1) is 11.6 Å². The summed E-state index contributed by atoms with van der Waals surface area (Å²) in [5, 5.41) is 0. The zero-order chi connectivity index (χ0) is 15.6. The Morgan fingerprint density at radius 2 is 1.86 bits per heavy atom. The number of anilines is 1. The summed E-state index contributed by atoms with van der Waals surface area (Å²) < 4.78 is 53.0. The summed E-state index contributed by atoms with van der Waals surface area (Å²) in [5.41, 5.74) is 5.59. The molecular weight excluding hydrogens is 298 g/mol. The molecule has 1 atom stereocenters. The number of nitrogen functional groups attached to an aromatic ring is 1. The summed E-state index contributed by atoms with van der Waals surface area (Å²) >= 11 is 0. The van der Waals surface area contributed by atoms with E-state index in [9.17, 15) is 17.2 Å². The second-order valence-corrected chi connectivity index (χ2v) is 6.30. The highest BCUT2D eigenvalue weighted by atomic mass is 32.2. The quantitative estimate of drug-likeness (QED) is 0.852. The molecule has 4 nitrogen and oxygen atoms in total. The highest BCUT2D eigenvalue weighted by Crippen LogP contribution is 2.20. The molecular formula is C14H14F2N2O2S. The van der Waals surface area contributed by atoms with E-state index in [4.69, 9.17) is 5.73 Å². The molecule has 0 fully saturated rings. The van der Waals surface area contributed by atoms with Crippen LogP contribution in [-0.4, -0.2) is 8.42 Å². The van der Waals surface area contributed by atoms with Crippen LogP contribution >= 0.6 is 0 Å². The second kappa shape index (κ2) is 5.79. The number of sulfonamides is 1. The van der Waals surface area contributed by atoms with E-state index < -0.39 is 27.7 Å². The van der Waals surface area contributed by atoms with Gasteiger partial charge in [-0.3, -0.25) is 0 Å². The Morgan fingerprint density at radius 3 is 2.48 bits per heavy atom. The van der Waals surface area contributed by atoms with Crippen molar-refractivity contribution in [2.75, 3.05) is 5.73 Å². The average molecular weight is 312 g/mol. The van der Waals surface area contributed by atoms with E-state index in [1.54, 1.807) is 13.0 Å². The third-order valence-electron chi connectivity index (χ3n) is 2.96. The third-order valence-corrected chi connectivity index (χ3v) is 4.50. The maximum atomic E-state index is 13.1. The van der Waals surface area contributed by atoms with E-state index in [0.29, 0.717) is 5.56 Å². The molecule has 0 aliphatic heterocycles. The van der Waals surface area contributed by atoms with Crippen molar-refractivity contribution in [1.29, 1.82) is 0 Å². The lowest BCUT2D eigenvalue weighted by Crippen LogP contribution is -2.27. The minimum Gasteiger partial charge on any atom is -0.396 e. The van der Waals surface area contributed by atoms with Crippen LogP contribution in [0.2, 0.25) is 0 Å². The van der Waals surface area contributed by atoms with Crippen LogP contribution in [0.4, 0.5) is 14.5 Å². The van der Waals surface area contributed by atoms with E-state index in [1.807, 2.05) is 0 Å².